The van der Waals surface area contributed by atoms with E-state index in [1.165, 1.54) is 4.90 Å². The Bertz CT molecular complexity index is 1040. The molecule has 0 fully saturated rings. The Kier molecular flexibility index (Phi) is 7.25. The quantitative estimate of drug-likeness (QED) is 0.547. The van der Waals surface area contributed by atoms with Gasteiger partial charge in [-0.15, -0.1) is 0 Å². The Morgan fingerprint density at radius 3 is 2.43 bits per heavy atom. The average Bonchev–Trinajstić information content (AvgIpc) is 2.77. The molecule has 0 aliphatic rings. The highest BCUT2D eigenvalue weighted by Gasteiger charge is 2.19. The van der Waals surface area contributed by atoms with Crippen LogP contribution in [0.15, 0.2) is 77.3 Å². The normalized spacial score (nSPS) is 10.4. The van der Waals surface area contributed by atoms with Gasteiger partial charge in [0.1, 0.15) is 5.75 Å². The Morgan fingerprint density at radius 1 is 1.00 bits per heavy atom. The number of nitrogens with zero attached hydrogens (tertiary/aromatic N) is 1. The first-order chi connectivity index (χ1) is 14.5. The Labute approximate surface area is 184 Å². The highest BCUT2D eigenvalue weighted by atomic mass is 79.9. The number of aryl methyl sites for hydroxylation is 1. The number of rotatable bonds is 7. The fourth-order valence-electron chi connectivity index (χ4n) is 2.98. The number of carbonyl (C=O) groups is 2. The number of hydrogen-bond donors (Lipinski definition) is 1. The minimum atomic E-state index is -0.249. The number of amides is 2. The molecule has 0 aromatic heterocycles. The number of ether oxygens (including phenoxy) is 1. The fourth-order valence-corrected chi connectivity index (χ4v) is 3.45. The third-order valence-corrected chi connectivity index (χ3v) is 5.16. The first-order valence-corrected chi connectivity index (χ1v) is 10.3. The first kappa shape index (κ1) is 21.6. The molecule has 6 heteroatoms. The van der Waals surface area contributed by atoms with Gasteiger partial charge in [0.25, 0.3) is 11.8 Å². The topological polar surface area (TPSA) is 58.6 Å². The Balaban J connectivity index is 1.67. The molecule has 0 aliphatic heterocycles. The van der Waals surface area contributed by atoms with Crippen LogP contribution in [0.2, 0.25) is 0 Å². The van der Waals surface area contributed by atoms with Crippen LogP contribution in [0.3, 0.4) is 0 Å². The zero-order chi connectivity index (χ0) is 21.5. The number of benzene rings is 3. The largest absolute Gasteiger partial charge is 0.483 e. The van der Waals surface area contributed by atoms with Gasteiger partial charge in [0.05, 0.1) is 11.3 Å². The SMILES string of the molecule is Cc1cc(Br)ccc1OCC(=O)N(C)c1ccccc1C(=O)NCc1ccccc1. The lowest BCUT2D eigenvalue weighted by molar-refractivity contribution is -0.120. The minimum Gasteiger partial charge on any atom is -0.483 e. The minimum absolute atomic E-state index is 0.126. The molecule has 0 heterocycles. The summed E-state index contributed by atoms with van der Waals surface area (Å²) in [7, 11) is 1.64. The summed E-state index contributed by atoms with van der Waals surface area (Å²) >= 11 is 3.41. The highest BCUT2D eigenvalue weighted by Crippen LogP contribution is 2.23. The summed E-state index contributed by atoms with van der Waals surface area (Å²) in [6.45, 7) is 2.21. The van der Waals surface area contributed by atoms with Crippen LogP contribution in [0.1, 0.15) is 21.5 Å². The monoisotopic (exact) mass is 466 g/mol. The van der Waals surface area contributed by atoms with Crippen molar-refractivity contribution in [2.45, 2.75) is 13.5 Å². The molecule has 3 aromatic carbocycles. The van der Waals surface area contributed by atoms with Crippen molar-refractivity contribution in [3.63, 3.8) is 0 Å². The predicted molar refractivity (Wildman–Crippen MR) is 122 cm³/mol. The van der Waals surface area contributed by atoms with Gasteiger partial charge in [0.2, 0.25) is 0 Å². The lowest BCUT2D eigenvalue weighted by atomic mass is 10.1. The molecule has 30 heavy (non-hydrogen) atoms. The van der Waals surface area contributed by atoms with E-state index in [0.29, 0.717) is 23.5 Å². The molecule has 5 nitrogen and oxygen atoms in total. The summed E-state index contributed by atoms with van der Waals surface area (Å²) in [5, 5.41) is 2.91. The number of nitrogens with one attached hydrogen (secondary N) is 1. The van der Waals surface area contributed by atoms with Crippen LogP contribution in [-0.4, -0.2) is 25.5 Å². The van der Waals surface area contributed by atoms with Gasteiger partial charge in [-0.2, -0.15) is 0 Å². The van der Waals surface area contributed by atoms with E-state index in [4.69, 9.17) is 4.74 Å². The molecule has 0 aliphatic carbocycles. The van der Waals surface area contributed by atoms with Crippen molar-refractivity contribution in [1.29, 1.82) is 0 Å². The average molecular weight is 467 g/mol. The molecule has 0 radical (unpaired) electrons. The van der Waals surface area contributed by atoms with Crippen molar-refractivity contribution in [3.05, 3.63) is 94.0 Å². The number of halogens is 1. The number of hydrogen-bond acceptors (Lipinski definition) is 3. The zero-order valence-corrected chi connectivity index (χ0v) is 18.5. The maximum absolute atomic E-state index is 12.7. The second-order valence-corrected chi connectivity index (χ2v) is 7.75. The van der Waals surface area contributed by atoms with Gasteiger partial charge in [-0.25, -0.2) is 0 Å². The van der Waals surface area contributed by atoms with E-state index >= 15 is 0 Å². The summed E-state index contributed by atoms with van der Waals surface area (Å²) in [6, 6.07) is 22.3. The second kappa shape index (κ2) is 10.1. The standard InChI is InChI=1S/C24H23BrN2O3/c1-17-14-19(25)12-13-22(17)30-16-23(28)27(2)21-11-7-6-10-20(21)24(29)26-15-18-8-4-3-5-9-18/h3-14H,15-16H2,1-2H3,(H,26,29). The molecule has 1 N–H and O–H groups in total. The maximum atomic E-state index is 12.7. The van der Waals surface area contributed by atoms with E-state index in [-0.39, 0.29) is 18.4 Å². The van der Waals surface area contributed by atoms with Gasteiger partial charge in [-0.05, 0) is 48.4 Å². The van der Waals surface area contributed by atoms with E-state index in [9.17, 15) is 9.59 Å². The van der Waals surface area contributed by atoms with E-state index in [1.807, 2.05) is 55.5 Å². The molecule has 0 bridgehead atoms. The van der Waals surface area contributed by atoms with Crippen LogP contribution in [0.4, 0.5) is 5.69 Å². The van der Waals surface area contributed by atoms with Crippen molar-refractivity contribution >= 4 is 33.4 Å². The molecule has 0 spiro atoms. The van der Waals surface area contributed by atoms with Gasteiger partial charge < -0.3 is 15.0 Å². The molecule has 0 saturated heterocycles. The van der Waals surface area contributed by atoms with Crippen molar-refractivity contribution in [1.82, 2.24) is 5.32 Å². The number of carbonyl (C=O) groups excluding carboxylic acids is 2. The lowest BCUT2D eigenvalue weighted by Gasteiger charge is -2.21. The van der Waals surface area contributed by atoms with Gasteiger partial charge in [-0.3, -0.25) is 9.59 Å². The predicted octanol–water partition coefficient (Wildman–Crippen LogP) is 4.73. The summed E-state index contributed by atoms with van der Waals surface area (Å²) < 4.78 is 6.64. The molecular weight excluding hydrogens is 444 g/mol. The third-order valence-electron chi connectivity index (χ3n) is 4.67. The molecule has 3 rings (SSSR count). The zero-order valence-electron chi connectivity index (χ0n) is 16.9. The van der Waals surface area contributed by atoms with E-state index in [1.54, 1.807) is 31.3 Å². The number of likely N-dealkylation sites (N-methyl/N-ethyl adjacent to an activating group) is 1. The van der Waals surface area contributed by atoms with Crippen molar-refractivity contribution in [2.75, 3.05) is 18.6 Å². The smallest absolute Gasteiger partial charge is 0.264 e. The van der Waals surface area contributed by atoms with Gasteiger partial charge in [0.15, 0.2) is 6.61 Å². The van der Waals surface area contributed by atoms with E-state index < -0.39 is 0 Å². The number of anilines is 1. The molecule has 0 atom stereocenters. The second-order valence-electron chi connectivity index (χ2n) is 6.84. The molecule has 3 aromatic rings. The molecule has 154 valence electrons. The highest BCUT2D eigenvalue weighted by molar-refractivity contribution is 9.10. The summed E-state index contributed by atoms with van der Waals surface area (Å²) in [6.07, 6.45) is 0. The van der Waals surface area contributed by atoms with Crippen LogP contribution in [0.5, 0.6) is 5.75 Å². The van der Waals surface area contributed by atoms with Gasteiger partial charge in [0, 0.05) is 18.1 Å². The van der Waals surface area contributed by atoms with Gasteiger partial charge in [-0.1, -0.05) is 58.4 Å². The summed E-state index contributed by atoms with van der Waals surface area (Å²) in [5.41, 5.74) is 2.90. The Hall–Kier alpha value is -3.12. The van der Waals surface area contributed by atoms with Crippen LogP contribution < -0.4 is 15.0 Å². The summed E-state index contributed by atoms with van der Waals surface area (Å²) in [5.74, 6) is 0.160. The third kappa shape index (κ3) is 5.48. The van der Waals surface area contributed by atoms with E-state index in [2.05, 4.69) is 21.2 Å². The van der Waals surface area contributed by atoms with Gasteiger partial charge >= 0.3 is 0 Å². The van der Waals surface area contributed by atoms with E-state index in [0.717, 1.165) is 15.6 Å². The summed E-state index contributed by atoms with van der Waals surface area (Å²) in [4.78, 5) is 26.9. The fraction of sp³-hybridized carbons (Fsp3) is 0.167. The van der Waals surface area contributed by atoms with Crippen molar-refractivity contribution in [3.8, 4) is 5.75 Å². The number of para-hydroxylation sites is 1. The van der Waals surface area contributed by atoms with Crippen LogP contribution in [0.25, 0.3) is 0 Å². The van der Waals surface area contributed by atoms with Crippen LogP contribution >= 0.6 is 15.9 Å². The maximum Gasteiger partial charge on any atom is 0.264 e. The molecular formula is C24H23BrN2O3. The van der Waals surface area contributed by atoms with Crippen LogP contribution in [0, 0.1) is 6.92 Å². The Morgan fingerprint density at radius 2 is 1.70 bits per heavy atom. The molecule has 0 saturated carbocycles. The van der Waals surface area contributed by atoms with Crippen molar-refractivity contribution < 1.29 is 14.3 Å². The molecule has 2 amide bonds. The van der Waals surface area contributed by atoms with Crippen molar-refractivity contribution in [2.24, 2.45) is 0 Å². The lowest BCUT2D eigenvalue weighted by Crippen LogP contribution is -2.33. The van der Waals surface area contributed by atoms with Crippen LogP contribution in [-0.2, 0) is 11.3 Å². The molecule has 0 unspecified atom stereocenters. The first-order valence-electron chi connectivity index (χ1n) is 9.52.